The third kappa shape index (κ3) is 3.31. The molecule has 2 heterocycles. The molecule has 0 bridgehead atoms. The number of ether oxygens (including phenoxy) is 1. The minimum absolute atomic E-state index is 0.157. The van der Waals surface area contributed by atoms with E-state index in [1.807, 2.05) is 11.4 Å². The molecule has 1 aliphatic rings. The Hall–Kier alpha value is -1.89. The Labute approximate surface area is 114 Å². The number of methoxy groups -OCH3 is 1. The van der Waals surface area contributed by atoms with Gasteiger partial charge in [0.1, 0.15) is 6.04 Å². The monoisotopic (exact) mass is 282 g/mol. The summed E-state index contributed by atoms with van der Waals surface area (Å²) in [4.78, 5) is 34.3. The van der Waals surface area contributed by atoms with Crippen LogP contribution in [0, 0.1) is 0 Å². The molecule has 0 spiro atoms. The van der Waals surface area contributed by atoms with Crippen LogP contribution in [0.1, 0.15) is 18.4 Å². The Morgan fingerprint density at radius 3 is 3.05 bits per heavy atom. The summed E-state index contributed by atoms with van der Waals surface area (Å²) >= 11 is 1.41. The van der Waals surface area contributed by atoms with E-state index in [-0.39, 0.29) is 24.7 Å². The number of hydrogen-bond donors (Lipinski definition) is 2. The fraction of sp³-hybridized carbons (Fsp3) is 0.417. The van der Waals surface area contributed by atoms with Crippen LogP contribution in [-0.4, -0.2) is 30.9 Å². The van der Waals surface area contributed by atoms with Crippen molar-refractivity contribution in [2.75, 3.05) is 7.11 Å². The van der Waals surface area contributed by atoms with Gasteiger partial charge in [-0.1, -0.05) is 0 Å². The highest BCUT2D eigenvalue weighted by molar-refractivity contribution is 7.12. The van der Waals surface area contributed by atoms with Crippen LogP contribution in [0.2, 0.25) is 0 Å². The highest BCUT2D eigenvalue weighted by atomic mass is 32.1. The maximum atomic E-state index is 11.8. The number of imide groups is 1. The molecule has 19 heavy (non-hydrogen) atoms. The van der Waals surface area contributed by atoms with Crippen molar-refractivity contribution >= 4 is 29.1 Å². The van der Waals surface area contributed by atoms with E-state index in [1.165, 1.54) is 11.3 Å². The zero-order chi connectivity index (χ0) is 13.8. The smallest absolute Gasteiger partial charge is 0.249 e. The highest BCUT2D eigenvalue weighted by Gasteiger charge is 2.27. The first-order chi connectivity index (χ1) is 9.10. The summed E-state index contributed by atoms with van der Waals surface area (Å²) < 4.78 is 5.13. The second-order valence-electron chi connectivity index (χ2n) is 4.19. The van der Waals surface area contributed by atoms with Gasteiger partial charge in [0.05, 0.1) is 13.5 Å². The Morgan fingerprint density at radius 2 is 2.37 bits per heavy atom. The summed E-state index contributed by atoms with van der Waals surface area (Å²) in [5, 5.41) is 7.36. The molecular weight excluding hydrogens is 268 g/mol. The number of rotatable bonds is 4. The number of thiophene rings is 1. The molecule has 1 fully saturated rings. The van der Waals surface area contributed by atoms with Crippen LogP contribution >= 0.6 is 11.3 Å². The van der Waals surface area contributed by atoms with Gasteiger partial charge >= 0.3 is 0 Å². The number of hydrogen-bond acceptors (Lipinski definition) is 5. The van der Waals surface area contributed by atoms with E-state index in [4.69, 9.17) is 4.74 Å². The molecule has 0 saturated carbocycles. The maximum Gasteiger partial charge on any atom is 0.249 e. The second kappa shape index (κ2) is 5.83. The topological polar surface area (TPSA) is 84.5 Å². The van der Waals surface area contributed by atoms with Gasteiger partial charge in [-0.25, -0.2) is 0 Å². The van der Waals surface area contributed by atoms with Crippen molar-refractivity contribution in [3.8, 4) is 5.06 Å². The highest BCUT2D eigenvalue weighted by Crippen LogP contribution is 2.25. The van der Waals surface area contributed by atoms with Gasteiger partial charge < -0.3 is 10.1 Å². The number of piperidine rings is 1. The second-order valence-corrected chi connectivity index (χ2v) is 5.06. The molecule has 1 atom stereocenters. The average molecular weight is 282 g/mol. The van der Waals surface area contributed by atoms with Crippen LogP contribution in [0.3, 0.4) is 0 Å². The third-order valence-electron chi connectivity index (χ3n) is 2.82. The van der Waals surface area contributed by atoms with Gasteiger partial charge in [-0.05, 0) is 17.9 Å². The molecule has 0 aromatic carbocycles. The lowest BCUT2D eigenvalue weighted by Crippen LogP contribution is -2.52. The van der Waals surface area contributed by atoms with Crippen molar-refractivity contribution in [2.45, 2.75) is 25.3 Å². The zero-order valence-corrected chi connectivity index (χ0v) is 11.2. The largest absolute Gasteiger partial charge is 0.487 e. The average Bonchev–Trinajstić information content (AvgIpc) is 2.80. The van der Waals surface area contributed by atoms with Crippen molar-refractivity contribution in [2.24, 2.45) is 0 Å². The van der Waals surface area contributed by atoms with E-state index in [1.54, 1.807) is 7.11 Å². The summed E-state index contributed by atoms with van der Waals surface area (Å²) in [5.74, 6) is -0.997. The van der Waals surface area contributed by atoms with Crippen molar-refractivity contribution in [1.29, 1.82) is 0 Å². The van der Waals surface area contributed by atoms with E-state index >= 15 is 0 Å². The first kappa shape index (κ1) is 13.5. The summed E-state index contributed by atoms with van der Waals surface area (Å²) in [6.45, 7) is 0. The third-order valence-corrected chi connectivity index (χ3v) is 3.73. The molecule has 1 aromatic heterocycles. The lowest BCUT2D eigenvalue weighted by Gasteiger charge is -2.21. The van der Waals surface area contributed by atoms with Gasteiger partial charge in [-0.15, -0.1) is 11.3 Å². The van der Waals surface area contributed by atoms with E-state index in [0.717, 1.165) is 5.56 Å². The summed E-state index contributed by atoms with van der Waals surface area (Å²) in [5.41, 5.74) is 0.789. The lowest BCUT2D eigenvalue weighted by molar-refractivity contribution is -0.137. The lowest BCUT2D eigenvalue weighted by atomic mass is 10.1. The molecule has 1 aliphatic heterocycles. The Kier molecular flexibility index (Phi) is 4.16. The van der Waals surface area contributed by atoms with Gasteiger partial charge in [0, 0.05) is 12.0 Å². The summed E-state index contributed by atoms with van der Waals surface area (Å²) in [7, 11) is 1.55. The van der Waals surface area contributed by atoms with Crippen LogP contribution in [0.5, 0.6) is 5.06 Å². The van der Waals surface area contributed by atoms with Crippen molar-refractivity contribution in [3.05, 3.63) is 17.0 Å². The molecule has 7 heteroatoms. The molecule has 3 amide bonds. The molecule has 0 aliphatic carbocycles. The van der Waals surface area contributed by atoms with E-state index in [0.29, 0.717) is 11.5 Å². The molecule has 0 unspecified atom stereocenters. The van der Waals surface area contributed by atoms with E-state index < -0.39 is 11.9 Å². The molecular formula is C12H14N2O4S. The molecule has 1 saturated heterocycles. The zero-order valence-electron chi connectivity index (χ0n) is 10.4. The van der Waals surface area contributed by atoms with Crippen LogP contribution in [0.15, 0.2) is 11.4 Å². The van der Waals surface area contributed by atoms with Gasteiger partial charge in [-0.3, -0.25) is 19.7 Å². The van der Waals surface area contributed by atoms with Gasteiger partial charge in [0.15, 0.2) is 5.06 Å². The van der Waals surface area contributed by atoms with E-state index in [9.17, 15) is 14.4 Å². The van der Waals surface area contributed by atoms with E-state index in [2.05, 4.69) is 10.6 Å². The van der Waals surface area contributed by atoms with Crippen molar-refractivity contribution in [3.63, 3.8) is 0 Å². The predicted molar refractivity (Wildman–Crippen MR) is 68.9 cm³/mol. The molecule has 2 N–H and O–H groups in total. The number of nitrogens with one attached hydrogen (secondary N) is 2. The first-order valence-electron chi connectivity index (χ1n) is 5.83. The quantitative estimate of drug-likeness (QED) is 0.774. The molecule has 1 aromatic rings. The Morgan fingerprint density at radius 1 is 1.58 bits per heavy atom. The SMILES string of the molecule is COc1sccc1CC(=O)N[C@H]1CCC(=O)NC1=O. The maximum absolute atomic E-state index is 11.8. The standard InChI is InChI=1S/C12H14N2O4S/c1-18-12-7(4-5-19-12)6-10(16)13-8-2-3-9(15)14-11(8)17/h4-5,8H,2-3,6H2,1H3,(H,13,16)(H,14,15,17)/t8-/m0/s1. The number of amides is 3. The fourth-order valence-electron chi connectivity index (χ4n) is 1.88. The molecule has 0 radical (unpaired) electrons. The van der Waals surface area contributed by atoms with Crippen molar-refractivity contribution < 1.29 is 19.1 Å². The van der Waals surface area contributed by atoms with Gasteiger partial charge in [0.2, 0.25) is 17.7 Å². The number of carbonyl (C=O) groups is 3. The molecule has 2 rings (SSSR count). The van der Waals surface area contributed by atoms with Crippen molar-refractivity contribution in [1.82, 2.24) is 10.6 Å². The van der Waals surface area contributed by atoms with Gasteiger partial charge in [0.25, 0.3) is 0 Å². The minimum atomic E-state index is -0.630. The van der Waals surface area contributed by atoms with Crippen LogP contribution in [-0.2, 0) is 20.8 Å². The normalized spacial score (nSPS) is 18.9. The van der Waals surface area contributed by atoms with Gasteiger partial charge in [-0.2, -0.15) is 0 Å². The summed E-state index contributed by atoms with van der Waals surface area (Å²) in [6.07, 6.45) is 0.750. The fourth-order valence-corrected chi connectivity index (χ4v) is 2.63. The molecule has 6 nitrogen and oxygen atoms in total. The molecule has 102 valence electrons. The predicted octanol–water partition coefficient (Wildman–Crippen LogP) is 0.221. The first-order valence-corrected chi connectivity index (χ1v) is 6.71. The summed E-state index contributed by atoms with van der Waals surface area (Å²) in [6, 6.07) is 1.18. The Balaban J connectivity index is 1.91. The number of carbonyl (C=O) groups excluding carboxylic acids is 3. The van der Waals surface area contributed by atoms with Crippen LogP contribution < -0.4 is 15.4 Å². The Bertz CT molecular complexity index is 512. The minimum Gasteiger partial charge on any atom is -0.487 e. The van der Waals surface area contributed by atoms with Crippen LogP contribution in [0.25, 0.3) is 0 Å². The van der Waals surface area contributed by atoms with Crippen LogP contribution in [0.4, 0.5) is 0 Å².